The van der Waals surface area contributed by atoms with E-state index in [1.165, 1.54) is 0 Å². The zero-order valence-electron chi connectivity index (χ0n) is 11.5. The van der Waals surface area contributed by atoms with Crippen LogP contribution in [0.25, 0.3) is 11.0 Å². The number of nitrogens with zero attached hydrogens (tertiary/aromatic N) is 1. The standard InChI is InChI=1S/C15H9ClF3N3O/c16-12-2-1-8-5-11(21-14(8)22-12)15(23)20-6-7-3-9(17)13(19)10(18)4-7/h1-5H,6H2,(H,20,23)(H,21,22). The van der Waals surface area contributed by atoms with E-state index in [0.29, 0.717) is 11.0 Å². The number of amides is 1. The summed E-state index contributed by atoms with van der Waals surface area (Å²) in [6, 6.07) is 6.50. The minimum Gasteiger partial charge on any atom is -0.347 e. The first-order valence-corrected chi connectivity index (χ1v) is 6.89. The Morgan fingerprint density at radius 3 is 2.57 bits per heavy atom. The lowest BCUT2D eigenvalue weighted by Gasteiger charge is -2.05. The Kier molecular flexibility index (Phi) is 3.96. The molecule has 2 N–H and O–H groups in total. The van der Waals surface area contributed by atoms with Crippen LogP contribution in [0.1, 0.15) is 16.1 Å². The van der Waals surface area contributed by atoms with E-state index in [4.69, 9.17) is 11.6 Å². The van der Waals surface area contributed by atoms with Gasteiger partial charge in [-0.25, -0.2) is 18.2 Å². The van der Waals surface area contributed by atoms with Gasteiger partial charge in [0.2, 0.25) is 0 Å². The number of rotatable bonds is 3. The molecular weight excluding hydrogens is 331 g/mol. The summed E-state index contributed by atoms with van der Waals surface area (Å²) in [5.41, 5.74) is 0.770. The number of benzene rings is 1. The summed E-state index contributed by atoms with van der Waals surface area (Å²) in [6.07, 6.45) is 0. The molecule has 1 amide bonds. The van der Waals surface area contributed by atoms with Gasteiger partial charge in [-0.3, -0.25) is 4.79 Å². The van der Waals surface area contributed by atoms with Gasteiger partial charge in [-0.15, -0.1) is 0 Å². The number of aromatic nitrogens is 2. The molecule has 0 aliphatic heterocycles. The fourth-order valence-electron chi connectivity index (χ4n) is 2.09. The van der Waals surface area contributed by atoms with Crippen molar-refractivity contribution < 1.29 is 18.0 Å². The van der Waals surface area contributed by atoms with Gasteiger partial charge in [0, 0.05) is 11.9 Å². The van der Waals surface area contributed by atoms with Crippen LogP contribution in [-0.4, -0.2) is 15.9 Å². The third kappa shape index (κ3) is 3.14. The van der Waals surface area contributed by atoms with Crippen LogP contribution in [-0.2, 0) is 6.54 Å². The van der Waals surface area contributed by atoms with E-state index < -0.39 is 23.4 Å². The van der Waals surface area contributed by atoms with Gasteiger partial charge in [0.05, 0.1) is 0 Å². The van der Waals surface area contributed by atoms with Crippen molar-refractivity contribution in [3.63, 3.8) is 0 Å². The van der Waals surface area contributed by atoms with E-state index in [0.717, 1.165) is 12.1 Å². The largest absolute Gasteiger partial charge is 0.347 e. The van der Waals surface area contributed by atoms with Gasteiger partial charge in [0.15, 0.2) is 17.5 Å². The lowest BCUT2D eigenvalue weighted by Crippen LogP contribution is -2.23. The molecule has 0 aliphatic rings. The molecule has 0 atom stereocenters. The predicted molar refractivity (Wildman–Crippen MR) is 78.6 cm³/mol. The molecule has 4 nitrogen and oxygen atoms in total. The SMILES string of the molecule is O=C(NCc1cc(F)c(F)c(F)c1)c1cc2ccc(Cl)nc2[nH]1. The molecule has 0 spiro atoms. The molecule has 23 heavy (non-hydrogen) atoms. The van der Waals surface area contributed by atoms with E-state index >= 15 is 0 Å². The Balaban J connectivity index is 1.76. The van der Waals surface area contributed by atoms with Crippen LogP contribution in [0, 0.1) is 17.5 Å². The molecule has 0 fully saturated rings. The van der Waals surface area contributed by atoms with Crippen molar-refractivity contribution >= 4 is 28.5 Å². The number of fused-ring (bicyclic) bond motifs is 1. The monoisotopic (exact) mass is 339 g/mol. The third-order valence-corrected chi connectivity index (χ3v) is 3.40. The van der Waals surface area contributed by atoms with E-state index in [9.17, 15) is 18.0 Å². The molecular formula is C15H9ClF3N3O. The molecule has 0 unspecified atom stereocenters. The number of carbonyl (C=O) groups excluding carboxylic acids is 1. The van der Waals surface area contributed by atoms with Crippen molar-refractivity contribution in [2.45, 2.75) is 6.54 Å². The minimum atomic E-state index is -1.54. The first kappa shape index (κ1) is 15.4. The van der Waals surface area contributed by atoms with Crippen molar-refractivity contribution in [1.29, 1.82) is 0 Å². The first-order valence-electron chi connectivity index (χ1n) is 6.51. The summed E-state index contributed by atoms with van der Waals surface area (Å²) in [5.74, 6) is -4.65. The zero-order valence-corrected chi connectivity index (χ0v) is 12.2. The van der Waals surface area contributed by atoms with Crippen molar-refractivity contribution in [3.8, 4) is 0 Å². The molecule has 0 saturated heterocycles. The van der Waals surface area contributed by atoms with Crippen LogP contribution in [0.15, 0.2) is 30.3 Å². The number of hydrogen-bond donors (Lipinski definition) is 2. The van der Waals surface area contributed by atoms with Crippen LogP contribution >= 0.6 is 11.6 Å². The fraction of sp³-hybridized carbons (Fsp3) is 0.0667. The number of halogens is 4. The quantitative estimate of drug-likeness (QED) is 0.566. The number of nitrogens with one attached hydrogen (secondary N) is 2. The maximum Gasteiger partial charge on any atom is 0.268 e. The van der Waals surface area contributed by atoms with Crippen molar-refractivity contribution in [1.82, 2.24) is 15.3 Å². The molecule has 0 aliphatic carbocycles. The summed E-state index contributed by atoms with van der Waals surface area (Å²) in [7, 11) is 0. The highest BCUT2D eigenvalue weighted by Crippen LogP contribution is 2.17. The van der Waals surface area contributed by atoms with Crippen LogP contribution in [0.5, 0.6) is 0 Å². The zero-order chi connectivity index (χ0) is 16.6. The molecule has 3 aromatic rings. The Hall–Kier alpha value is -2.54. The summed E-state index contributed by atoms with van der Waals surface area (Å²) in [6.45, 7) is -0.156. The Labute approximate surface area is 133 Å². The van der Waals surface area contributed by atoms with E-state index in [-0.39, 0.29) is 23.0 Å². The lowest BCUT2D eigenvalue weighted by molar-refractivity contribution is 0.0946. The Morgan fingerprint density at radius 1 is 1.17 bits per heavy atom. The number of H-pyrrole nitrogens is 1. The van der Waals surface area contributed by atoms with E-state index in [1.807, 2.05) is 0 Å². The molecule has 2 heterocycles. The molecule has 118 valence electrons. The van der Waals surface area contributed by atoms with Crippen molar-refractivity contribution in [2.75, 3.05) is 0 Å². The van der Waals surface area contributed by atoms with Crippen LogP contribution in [0.2, 0.25) is 5.15 Å². The van der Waals surface area contributed by atoms with Crippen molar-refractivity contribution in [3.05, 3.63) is 64.2 Å². The van der Waals surface area contributed by atoms with Gasteiger partial charge in [-0.2, -0.15) is 0 Å². The first-order chi connectivity index (χ1) is 10.9. The maximum atomic E-state index is 13.1. The second-order valence-corrected chi connectivity index (χ2v) is 5.20. The average Bonchev–Trinajstić information content (AvgIpc) is 2.93. The van der Waals surface area contributed by atoms with E-state index in [1.54, 1.807) is 18.2 Å². The summed E-state index contributed by atoms with van der Waals surface area (Å²) < 4.78 is 39.1. The molecule has 8 heteroatoms. The lowest BCUT2D eigenvalue weighted by atomic mass is 10.2. The van der Waals surface area contributed by atoms with Gasteiger partial charge in [-0.1, -0.05) is 11.6 Å². The van der Waals surface area contributed by atoms with Gasteiger partial charge in [-0.05, 0) is 35.9 Å². The molecule has 3 rings (SSSR count). The maximum absolute atomic E-state index is 13.1. The van der Waals surface area contributed by atoms with Crippen LogP contribution in [0.4, 0.5) is 13.2 Å². The number of pyridine rings is 1. The molecule has 2 aromatic heterocycles. The molecule has 0 bridgehead atoms. The molecule has 1 aromatic carbocycles. The fourth-order valence-corrected chi connectivity index (χ4v) is 2.24. The highest BCUT2D eigenvalue weighted by Gasteiger charge is 2.13. The molecule has 0 saturated carbocycles. The Morgan fingerprint density at radius 2 is 1.87 bits per heavy atom. The average molecular weight is 340 g/mol. The van der Waals surface area contributed by atoms with E-state index in [2.05, 4.69) is 15.3 Å². The van der Waals surface area contributed by atoms with Gasteiger partial charge in [0.25, 0.3) is 5.91 Å². The summed E-state index contributed by atoms with van der Waals surface area (Å²) in [4.78, 5) is 18.9. The van der Waals surface area contributed by atoms with Gasteiger partial charge in [0.1, 0.15) is 16.5 Å². The normalized spacial score (nSPS) is 11.0. The number of hydrogen-bond acceptors (Lipinski definition) is 2. The van der Waals surface area contributed by atoms with Gasteiger partial charge < -0.3 is 10.3 Å². The predicted octanol–water partition coefficient (Wildman–Crippen LogP) is 3.56. The third-order valence-electron chi connectivity index (χ3n) is 3.19. The Bertz CT molecular complexity index is 887. The smallest absolute Gasteiger partial charge is 0.268 e. The van der Waals surface area contributed by atoms with Crippen molar-refractivity contribution in [2.24, 2.45) is 0 Å². The number of carbonyl (C=O) groups is 1. The highest BCUT2D eigenvalue weighted by atomic mass is 35.5. The topological polar surface area (TPSA) is 57.8 Å². The van der Waals surface area contributed by atoms with Crippen LogP contribution < -0.4 is 5.32 Å². The minimum absolute atomic E-state index is 0.104. The summed E-state index contributed by atoms with van der Waals surface area (Å²) >= 11 is 5.76. The van der Waals surface area contributed by atoms with Crippen LogP contribution in [0.3, 0.4) is 0 Å². The summed E-state index contributed by atoms with van der Waals surface area (Å²) in [5, 5.41) is 3.45. The second kappa shape index (κ2) is 5.92. The highest BCUT2D eigenvalue weighted by molar-refractivity contribution is 6.29. The van der Waals surface area contributed by atoms with Gasteiger partial charge >= 0.3 is 0 Å². The molecule has 0 radical (unpaired) electrons. The number of aromatic amines is 1. The second-order valence-electron chi connectivity index (χ2n) is 4.81.